The molecular weight excluding hydrogens is 417 g/mol. The number of nitrogens with one attached hydrogen (secondary N) is 2. The topological polar surface area (TPSA) is 87.2 Å². The van der Waals surface area contributed by atoms with Crippen molar-refractivity contribution in [2.24, 2.45) is 5.92 Å². The van der Waals surface area contributed by atoms with Crippen molar-refractivity contribution in [2.45, 2.75) is 57.4 Å². The van der Waals surface area contributed by atoms with Gasteiger partial charge in [0.2, 0.25) is 11.0 Å². The number of hydrogen-bond donors (Lipinski definition) is 2. The molecule has 1 saturated heterocycles. The predicted octanol–water partition coefficient (Wildman–Crippen LogP) is 3.96. The Hall–Kier alpha value is -2.55. The van der Waals surface area contributed by atoms with Crippen molar-refractivity contribution in [3.05, 3.63) is 40.7 Å². The van der Waals surface area contributed by atoms with Crippen LogP contribution in [0.5, 0.6) is 0 Å². The fraction of sp³-hybridized carbons (Fsp3) is 0.545. The Morgan fingerprint density at radius 3 is 2.45 bits per heavy atom. The molecule has 0 atom stereocenters. The SMILES string of the molecule is O=C(Nc1nnc(Cc2ccc(F)cc2)s1)NC1CCN(C(=O)C2CCCCC2)CC1. The van der Waals surface area contributed by atoms with Crippen LogP contribution in [0.4, 0.5) is 14.3 Å². The van der Waals surface area contributed by atoms with E-state index in [1.807, 2.05) is 4.90 Å². The van der Waals surface area contributed by atoms with Gasteiger partial charge in [0.05, 0.1) is 0 Å². The largest absolute Gasteiger partial charge is 0.342 e. The summed E-state index contributed by atoms with van der Waals surface area (Å²) in [6.07, 6.45) is 7.66. The first-order valence-electron chi connectivity index (χ1n) is 11.0. The second kappa shape index (κ2) is 10.2. The molecule has 2 aromatic rings. The van der Waals surface area contributed by atoms with E-state index in [4.69, 9.17) is 0 Å². The van der Waals surface area contributed by atoms with Crippen LogP contribution in [0, 0.1) is 11.7 Å². The molecule has 1 saturated carbocycles. The number of benzene rings is 1. The van der Waals surface area contributed by atoms with E-state index in [0.29, 0.717) is 30.5 Å². The van der Waals surface area contributed by atoms with E-state index < -0.39 is 0 Å². The van der Waals surface area contributed by atoms with Gasteiger partial charge in [-0.25, -0.2) is 9.18 Å². The van der Waals surface area contributed by atoms with Crippen molar-refractivity contribution < 1.29 is 14.0 Å². The molecule has 31 heavy (non-hydrogen) atoms. The zero-order chi connectivity index (χ0) is 21.6. The Labute approximate surface area is 185 Å². The summed E-state index contributed by atoms with van der Waals surface area (Å²) < 4.78 is 13.0. The van der Waals surface area contributed by atoms with Crippen LogP contribution >= 0.6 is 11.3 Å². The predicted molar refractivity (Wildman–Crippen MR) is 117 cm³/mol. The zero-order valence-electron chi connectivity index (χ0n) is 17.5. The Balaban J connectivity index is 1.20. The number of piperidine rings is 1. The molecule has 9 heteroatoms. The van der Waals surface area contributed by atoms with Gasteiger partial charge in [0, 0.05) is 31.5 Å². The van der Waals surface area contributed by atoms with E-state index in [0.717, 1.165) is 49.1 Å². The van der Waals surface area contributed by atoms with Crippen molar-refractivity contribution in [2.75, 3.05) is 18.4 Å². The minimum atomic E-state index is -0.304. The molecular formula is C22H28FN5O2S. The molecule has 2 N–H and O–H groups in total. The Bertz CT molecular complexity index is 890. The van der Waals surface area contributed by atoms with Crippen molar-refractivity contribution in [3.63, 3.8) is 0 Å². The van der Waals surface area contributed by atoms with Gasteiger partial charge >= 0.3 is 6.03 Å². The fourth-order valence-electron chi connectivity index (χ4n) is 4.32. The third-order valence-corrected chi connectivity index (χ3v) is 6.89. The molecule has 3 amide bonds. The molecule has 1 aliphatic heterocycles. The van der Waals surface area contributed by atoms with Gasteiger partial charge in [0.15, 0.2) is 0 Å². The number of amides is 3. The Morgan fingerprint density at radius 2 is 1.74 bits per heavy atom. The summed E-state index contributed by atoms with van der Waals surface area (Å²) in [4.78, 5) is 27.0. The molecule has 0 bridgehead atoms. The minimum absolute atomic E-state index is 0.0435. The zero-order valence-corrected chi connectivity index (χ0v) is 18.3. The van der Waals surface area contributed by atoms with Crippen LogP contribution in [-0.2, 0) is 11.2 Å². The van der Waals surface area contributed by atoms with Gasteiger partial charge in [-0.3, -0.25) is 10.1 Å². The number of rotatable bonds is 5. The normalized spacial score (nSPS) is 18.0. The fourth-order valence-corrected chi connectivity index (χ4v) is 5.09. The number of carbonyl (C=O) groups excluding carboxylic acids is 2. The van der Waals surface area contributed by atoms with Crippen LogP contribution in [0.3, 0.4) is 0 Å². The lowest BCUT2D eigenvalue weighted by Gasteiger charge is -2.35. The van der Waals surface area contributed by atoms with Gasteiger partial charge in [0.25, 0.3) is 0 Å². The molecule has 7 nitrogen and oxygen atoms in total. The van der Waals surface area contributed by atoms with Crippen LogP contribution in [0.1, 0.15) is 55.5 Å². The van der Waals surface area contributed by atoms with Crippen LogP contribution in [0.25, 0.3) is 0 Å². The highest BCUT2D eigenvalue weighted by atomic mass is 32.1. The molecule has 4 rings (SSSR count). The van der Waals surface area contributed by atoms with Gasteiger partial charge in [-0.05, 0) is 43.4 Å². The first-order chi connectivity index (χ1) is 15.1. The van der Waals surface area contributed by atoms with Crippen LogP contribution < -0.4 is 10.6 Å². The monoisotopic (exact) mass is 445 g/mol. The van der Waals surface area contributed by atoms with E-state index in [-0.39, 0.29) is 23.8 Å². The number of urea groups is 1. The molecule has 166 valence electrons. The Kier molecular flexibility index (Phi) is 7.11. The van der Waals surface area contributed by atoms with Crippen LogP contribution in [0.2, 0.25) is 0 Å². The number of anilines is 1. The van der Waals surface area contributed by atoms with Crippen molar-refractivity contribution >= 4 is 28.4 Å². The summed E-state index contributed by atoms with van der Waals surface area (Å²) in [5.74, 6) is 0.220. The van der Waals surface area contributed by atoms with E-state index in [9.17, 15) is 14.0 Å². The second-order valence-corrected chi connectivity index (χ2v) is 9.40. The summed E-state index contributed by atoms with van der Waals surface area (Å²) in [5.41, 5.74) is 0.933. The third kappa shape index (κ3) is 6.00. The minimum Gasteiger partial charge on any atom is -0.342 e. The number of likely N-dealkylation sites (tertiary alicyclic amines) is 1. The van der Waals surface area contributed by atoms with E-state index in [1.54, 1.807) is 12.1 Å². The number of carbonyl (C=O) groups is 2. The van der Waals surface area contributed by atoms with E-state index in [2.05, 4.69) is 20.8 Å². The molecule has 0 spiro atoms. The molecule has 0 unspecified atom stereocenters. The molecule has 0 radical (unpaired) electrons. The highest BCUT2D eigenvalue weighted by molar-refractivity contribution is 7.15. The summed E-state index contributed by atoms with van der Waals surface area (Å²) >= 11 is 1.30. The summed E-state index contributed by atoms with van der Waals surface area (Å²) in [5, 5.41) is 15.0. The van der Waals surface area contributed by atoms with E-state index in [1.165, 1.54) is 29.9 Å². The second-order valence-electron chi connectivity index (χ2n) is 8.34. The molecule has 2 fully saturated rings. The van der Waals surface area contributed by atoms with Gasteiger partial charge in [-0.15, -0.1) is 10.2 Å². The maximum atomic E-state index is 13.0. The van der Waals surface area contributed by atoms with E-state index >= 15 is 0 Å². The lowest BCUT2D eigenvalue weighted by atomic mass is 9.87. The van der Waals surface area contributed by atoms with Crippen LogP contribution in [0.15, 0.2) is 24.3 Å². The van der Waals surface area contributed by atoms with Gasteiger partial charge in [-0.2, -0.15) is 0 Å². The average Bonchev–Trinajstić information content (AvgIpc) is 3.22. The highest BCUT2D eigenvalue weighted by Crippen LogP contribution is 2.26. The summed E-state index contributed by atoms with van der Waals surface area (Å²) in [6.45, 7) is 1.39. The first kappa shape index (κ1) is 21.7. The van der Waals surface area contributed by atoms with Crippen molar-refractivity contribution in [1.82, 2.24) is 20.4 Å². The van der Waals surface area contributed by atoms with Gasteiger partial charge < -0.3 is 10.2 Å². The highest BCUT2D eigenvalue weighted by Gasteiger charge is 2.29. The quantitative estimate of drug-likeness (QED) is 0.729. The summed E-state index contributed by atoms with van der Waals surface area (Å²) in [7, 11) is 0. The van der Waals surface area contributed by atoms with Gasteiger partial charge in [-0.1, -0.05) is 42.7 Å². The lowest BCUT2D eigenvalue weighted by Crippen LogP contribution is -2.49. The first-order valence-corrected chi connectivity index (χ1v) is 11.8. The maximum Gasteiger partial charge on any atom is 0.321 e. The molecule has 1 aromatic heterocycles. The third-order valence-electron chi connectivity index (χ3n) is 6.05. The van der Waals surface area contributed by atoms with Crippen LogP contribution in [-0.4, -0.2) is 46.2 Å². The van der Waals surface area contributed by atoms with Crippen molar-refractivity contribution in [3.8, 4) is 0 Å². The van der Waals surface area contributed by atoms with Gasteiger partial charge in [0.1, 0.15) is 10.8 Å². The number of halogens is 1. The molecule has 1 aliphatic carbocycles. The Morgan fingerprint density at radius 1 is 1.03 bits per heavy atom. The summed E-state index contributed by atoms with van der Waals surface area (Å²) in [6, 6.07) is 5.99. The smallest absolute Gasteiger partial charge is 0.321 e. The lowest BCUT2D eigenvalue weighted by molar-refractivity contribution is -0.137. The number of hydrogen-bond acceptors (Lipinski definition) is 5. The average molecular weight is 446 g/mol. The van der Waals surface area contributed by atoms with Crippen molar-refractivity contribution in [1.29, 1.82) is 0 Å². The molecule has 2 heterocycles. The maximum absolute atomic E-state index is 13.0. The number of aromatic nitrogens is 2. The molecule has 2 aliphatic rings. The number of nitrogens with zero attached hydrogens (tertiary/aromatic N) is 3. The molecule has 1 aromatic carbocycles. The standard InChI is InChI=1S/C22H28FN5O2S/c23-17-8-6-15(7-9-17)14-19-26-27-22(31-19)25-21(30)24-18-10-12-28(13-11-18)20(29)16-4-2-1-3-5-16/h6-9,16,18H,1-5,10-14H2,(H2,24,25,27,30).